The standard InChI is InChI=1S/C25H22N4O3/c26-24(32)23(31)22(15-18-6-2-1-3-7-18)29(17-30)25-27-12-13-28(25)16-19-10-11-20-8-4-5-9-21(20)14-19/h1-14,17,22H,15-16H2,(H2,26,32)/t22-/m0/s1. The molecule has 2 N–H and O–H groups in total. The van der Waals surface area contributed by atoms with Gasteiger partial charge in [0.1, 0.15) is 6.04 Å². The monoisotopic (exact) mass is 426 g/mol. The summed E-state index contributed by atoms with van der Waals surface area (Å²) in [5, 5.41) is 2.23. The van der Waals surface area contributed by atoms with E-state index in [1.165, 1.54) is 4.90 Å². The van der Waals surface area contributed by atoms with Crippen LogP contribution in [-0.4, -0.2) is 33.7 Å². The van der Waals surface area contributed by atoms with Crippen LogP contribution in [0.4, 0.5) is 5.95 Å². The summed E-state index contributed by atoms with van der Waals surface area (Å²) in [6.45, 7) is 0.438. The fourth-order valence-corrected chi connectivity index (χ4v) is 3.77. The van der Waals surface area contributed by atoms with Crippen LogP contribution in [0.5, 0.6) is 0 Å². The summed E-state index contributed by atoms with van der Waals surface area (Å²) in [5.74, 6) is -1.67. The predicted octanol–water partition coefficient (Wildman–Crippen LogP) is 2.71. The number of nitrogens with zero attached hydrogens (tertiary/aromatic N) is 3. The molecule has 3 aromatic carbocycles. The first-order valence-electron chi connectivity index (χ1n) is 10.2. The summed E-state index contributed by atoms with van der Waals surface area (Å²) >= 11 is 0. The second-order valence-electron chi connectivity index (χ2n) is 7.48. The Bertz CT molecular complexity index is 1270. The lowest BCUT2D eigenvalue weighted by molar-refractivity contribution is -0.137. The molecule has 0 saturated carbocycles. The van der Waals surface area contributed by atoms with Crippen molar-refractivity contribution in [2.45, 2.75) is 19.0 Å². The highest BCUT2D eigenvalue weighted by molar-refractivity contribution is 6.38. The number of primary amides is 1. The number of carbonyl (C=O) groups excluding carboxylic acids is 3. The highest BCUT2D eigenvalue weighted by atomic mass is 16.2. The molecule has 2 amide bonds. The number of Topliss-reactive ketones (excluding diaryl/α,β-unsaturated/α-hetero) is 1. The zero-order valence-electron chi connectivity index (χ0n) is 17.3. The Hall–Kier alpha value is -4.26. The van der Waals surface area contributed by atoms with Gasteiger partial charge in [-0.05, 0) is 28.0 Å². The Morgan fingerprint density at radius 2 is 1.69 bits per heavy atom. The van der Waals surface area contributed by atoms with Gasteiger partial charge in [0.25, 0.3) is 5.91 Å². The Morgan fingerprint density at radius 3 is 2.41 bits per heavy atom. The SMILES string of the molecule is NC(=O)C(=O)[C@H](Cc1ccccc1)N(C=O)c1nccn1Cc1ccc2ccccc2c1. The van der Waals surface area contributed by atoms with Gasteiger partial charge in [-0.2, -0.15) is 0 Å². The van der Waals surface area contributed by atoms with Crippen LogP contribution in [0.1, 0.15) is 11.1 Å². The molecule has 0 fully saturated rings. The zero-order chi connectivity index (χ0) is 22.5. The maximum absolute atomic E-state index is 12.6. The minimum atomic E-state index is -1.09. The van der Waals surface area contributed by atoms with Crippen molar-refractivity contribution in [3.8, 4) is 0 Å². The van der Waals surface area contributed by atoms with Gasteiger partial charge in [0.2, 0.25) is 18.1 Å². The summed E-state index contributed by atoms with van der Waals surface area (Å²) in [4.78, 5) is 42.0. The predicted molar refractivity (Wildman–Crippen MR) is 122 cm³/mol. The third-order valence-electron chi connectivity index (χ3n) is 5.36. The van der Waals surface area contributed by atoms with Crippen LogP contribution in [0.15, 0.2) is 85.2 Å². The lowest BCUT2D eigenvalue weighted by Gasteiger charge is -2.26. The van der Waals surface area contributed by atoms with Crippen LogP contribution in [0, 0.1) is 0 Å². The van der Waals surface area contributed by atoms with Crippen LogP contribution in [0.25, 0.3) is 10.8 Å². The molecule has 4 rings (SSSR count). The van der Waals surface area contributed by atoms with E-state index < -0.39 is 17.7 Å². The molecule has 1 atom stereocenters. The van der Waals surface area contributed by atoms with Crippen molar-refractivity contribution in [1.29, 1.82) is 0 Å². The number of anilines is 1. The molecule has 0 radical (unpaired) electrons. The Labute approximate surface area is 185 Å². The van der Waals surface area contributed by atoms with E-state index >= 15 is 0 Å². The summed E-state index contributed by atoms with van der Waals surface area (Å²) in [6.07, 6.45) is 3.95. The third kappa shape index (κ3) is 4.41. The van der Waals surface area contributed by atoms with E-state index in [4.69, 9.17) is 5.73 Å². The highest BCUT2D eigenvalue weighted by Gasteiger charge is 2.32. The molecular weight excluding hydrogens is 404 g/mol. The van der Waals surface area contributed by atoms with Gasteiger partial charge >= 0.3 is 0 Å². The summed E-state index contributed by atoms with van der Waals surface area (Å²) in [5.41, 5.74) is 7.10. The number of nitrogens with two attached hydrogens (primary N) is 1. The summed E-state index contributed by atoms with van der Waals surface area (Å²) in [7, 11) is 0. The van der Waals surface area contributed by atoms with Crippen molar-refractivity contribution < 1.29 is 14.4 Å². The number of rotatable bonds is 9. The van der Waals surface area contributed by atoms with Crippen LogP contribution in [-0.2, 0) is 27.3 Å². The van der Waals surface area contributed by atoms with Crippen LogP contribution in [0.2, 0.25) is 0 Å². The van der Waals surface area contributed by atoms with E-state index in [1.807, 2.05) is 66.7 Å². The van der Waals surface area contributed by atoms with Crippen molar-refractivity contribution in [3.05, 3.63) is 96.3 Å². The van der Waals surface area contributed by atoms with Crippen LogP contribution < -0.4 is 10.6 Å². The van der Waals surface area contributed by atoms with E-state index in [9.17, 15) is 14.4 Å². The van der Waals surface area contributed by atoms with Gasteiger partial charge in [0, 0.05) is 18.8 Å². The molecule has 0 unspecified atom stereocenters. The highest BCUT2D eigenvalue weighted by Crippen LogP contribution is 2.21. The lowest BCUT2D eigenvalue weighted by atomic mass is 10.0. The van der Waals surface area contributed by atoms with E-state index in [2.05, 4.69) is 11.1 Å². The fourth-order valence-electron chi connectivity index (χ4n) is 3.77. The third-order valence-corrected chi connectivity index (χ3v) is 5.36. The summed E-state index contributed by atoms with van der Waals surface area (Å²) < 4.78 is 1.77. The molecule has 7 nitrogen and oxygen atoms in total. The average Bonchev–Trinajstić information content (AvgIpc) is 3.26. The van der Waals surface area contributed by atoms with Gasteiger partial charge in [-0.15, -0.1) is 0 Å². The molecular formula is C25H22N4O3. The van der Waals surface area contributed by atoms with Gasteiger partial charge in [0.15, 0.2) is 0 Å². The van der Waals surface area contributed by atoms with E-state index in [-0.39, 0.29) is 12.4 Å². The molecule has 0 aliphatic heterocycles. The van der Waals surface area contributed by atoms with E-state index in [0.717, 1.165) is 21.9 Å². The minimum Gasteiger partial charge on any atom is -0.363 e. The number of hydrogen-bond donors (Lipinski definition) is 1. The Kier molecular flexibility index (Phi) is 6.07. The molecule has 7 heteroatoms. The minimum absolute atomic E-state index is 0.143. The number of ketones is 1. The maximum atomic E-state index is 12.6. The van der Waals surface area contributed by atoms with Crippen molar-refractivity contribution in [2.24, 2.45) is 5.73 Å². The van der Waals surface area contributed by atoms with Crippen LogP contribution >= 0.6 is 0 Å². The molecule has 160 valence electrons. The normalized spacial score (nSPS) is 11.8. The molecule has 0 spiro atoms. The second-order valence-corrected chi connectivity index (χ2v) is 7.48. The molecule has 4 aromatic rings. The second kappa shape index (κ2) is 9.26. The number of carbonyl (C=O) groups is 3. The Morgan fingerprint density at radius 1 is 0.969 bits per heavy atom. The molecule has 0 aliphatic carbocycles. The number of imidazole rings is 1. The molecule has 1 aromatic heterocycles. The molecule has 0 saturated heterocycles. The van der Waals surface area contributed by atoms with Gasteiger partial charge in [-0.3, -0.25) is 19.3 Å². The van der Waals surface area contributed by atoms with Gasteiger partial charge < -0.3 is 10.3 Å². The lowest BCUT2D eigenvalue weighted by Crippen LogP contribution is -2.48. The van der Waals surface area contributed by atoms with Gasteiger partial charge in [0.05, 0.1) is 6.54 Å². The fraction of sp³-hybridized carbons (Fsp3) is 0.120. The first kappa shape index (κ1) is 21.0. The number of amides is 2. The number of fused-ring (bicyclic) bond motifs is 1. The van der Waals surface area contributed by atoms with Crippen molar-refractivity contribution in [3.63, 3.8) is 0 Å². The largest absolute Gasteiger partial charge is 0.363 e. The first-order valence-corrected chi connectivity index (χ1v) is 10.2. The quantitative estimate of drug-likeness (QED) is 0.329. The van der Waals surface area contributed by atoms with Gasteiger partial charge in [-0.25, -0.2) is 4.98 Å². The molecule has 1 heterocycles. The number of aromatic nitrogens is 2. The summed E-state index contributed by atoms with van der Waals surface area (Å²) in [6, 6.07) is 22.2. The number of hydrogen-bond acceptors (Lipinski definition) is 4. The first-order chi connectivity index (χ1) is 15.6. The maximum Gasteiger partial charge on any atom is 0.287 e. The molecule has 32 heavy (non-hydrogen) atoms. The Balaban J connectivity index is 1.66. The zero-order valence-corrected chi connectivity index (χ0v) is 17.3. The van der Waals surface area contributed by atoms with E-state index in [1.54, 1.807) is 17.0 Å². The number of benzene rings is 3. The van der Waals surface area contributed by atoms with Crippen molar-refractivity contribution >= 4 is 34.8 Å². The molecule has 0 aliphatic rings. The van der Waals surface area contributed by atoms with Crippen LogP contribution in [0.3, 0.4) is 0 Å². The topological polar surface area (TPSA) is 98.3 Å². The van der Waals surface area contributed by atoms with Crippen molar-refractivity contribution in [2.75, 3.05) is 4.90 Å². The van der Waals surface area contributed by atoms with E-state index in [0.29, 0.717) is 13.0 Å². The van der Waals surface area contributed by atoms with Crippen molar-refractivity contribution in [1.82, 2.24) is 9.55 Å². The smallest absolute Gasteiger partial charge is 0.287 e. The molecule has 0 bridgehead atoms. The average molecular weight is 426 g/mol. The van der Waals surface area contributed by atoms with Gasteiger partial charge in [-0.1, -0.05) is 66.7 Å².